The highest BCUT2D eigenvalue weighted by Gasteiger charge is 2.10. The molecular weight excluding hydrogens is 296 g/mol. The van der Waals surface area contributed by atoms with Crippen molar-refractivity contribution in [2.75, 3.05) is 6.61 Å². The Bertz CT molecular complexity index is 513. The highest BCUT2D eigenvalue weighted by Crippen LogP contribution is 2.30. The Morgan fingerprint density at radius 3 is 2.38 bits per heavy atom. The maximum atomic E-state index is 10.2. The molecule has 0 amide bonds. The third kappa shape index (κ3) is 7.42. The molecule has 1 unspecified atom stereocenters. The maximum absolute atomic E-state index is 10.2. The molecule has 1 aromatic carbocycles. The molecule has 0 saturated heterocycles. The molecule has 136 valence electrons. The third-order valence-corrected chi connectivity index (χ3v) is 4.38. The molecule has 0 fully saturated rings. The minimum atomic E-state index is 0.419. The van der Waals surface area contributed by atoms with Gasteiger partial charge in [-0.15, -0.1) is 0 Å². The van der Waals surface area contributed by atoms with E-state index in [0.29, 0.717) is 11.7 Å². The van der Waals surface area contributed by atoms with Gasteiger partial charge in [0.15, 0.2) is 0 Å². The van der Waals surface area contributed by atoms with Crippen LogP contribution in [0.15, 0.2) is 23.8 Å². The van der Waals surface area contributed by atoms with Crippen molar-refractivity contribution >= 4 is 0 Å². The number of allylic oxidation sites excluding steroid dienone is 2. The van der Waals surface area contributed by atoms with Gasteiger partial charge in [0, 0.05) is 0 Å². The van der Waals surface area contributed by atoms with E-state index >= 15 is 0 Å². The van der Waals surface area contributed by atoms with Crippen molar-refractivity contribution in [2.45, 2.75) is 79.6 Å². The second kappa shape index (κ2) is 11.2. The van der Waals surface area contributed by atoms with E-state index in [2.05, 4.69) is 46.8 Å². The second-order valence-corrected chi connectivity index (χ2v) is 7.19. The fourth-order valence-electron chi connectivity index (χ4n) is 2.89. The predicted molar refractivity (Wildman–Crippen MR) is 104 cm³/mol. The normalized spacial score (nSPS) is 12.0. The number of hydrogen-bond acceptors (Lipinski definition) is 2. The zero-order chi connectivity index (χ0) is 17.9. The molecule has 0 saturated carbocycles. The standard InChI is InChI=1S/C22H36O2/c1-6-9-19-16-22(20(10-7-2)15-21(19)23)24-14-13-18(5)12-8-11-17(3)4/h11,15-16,18,23H,6-10,12-14H2,1-5H3. The van der Waals surface area contributed by atoms with Crippen LogP contribution in [-0.2, 0) is 12.8 Å². The van der Waals surface area contributed by atoms with E-state index in [1.54, 1.807) is 0 Å². The smallest absolute Gasteiger partial charge is 0.123 e. The Labute approximate surface area is 148 Å². The van der Waals surface area contributed by atoms with Crippen LogP contribution < -0.4 is 4.74 Å². The highest BCUT2D eigenvalue weighted by atomic mass is 16.5. The first-order valence-corrected chi connectivity index (χ1v) is 9.58. The Hall–Kier alpha value is -1.44. The van der Waals surface area contributed by atoms with Crippen LogP contribution >= 0.6 is 0 Å². The van der Waals surface area contributed by atoms with Gasteiger partial charge in [-0.2, -0.15) is 0 Å². The van der Waals surface area contributed by atoms with E-state index in [0.717, 1.165) is 62.0 Å². The topological polar surface area (TPSA) is 29.5 Å². The van der Waals surface area contributed by atoms with Crippen molar-refractivity contribution in [2.24, 2.45) is 5.92 Å². The van der Waals surface area contributed by atoms with E-state index in [4.69, 9.17) is 4.74 Å². The van der Waals surface area contributed by atoms with Gasteiger partial charge in [0.25, 0.3) is 0 Å². The first-order chi connectivity index (χ1) is 11.5. The Morgan fingerprint density at radius 2 is 1.75 bits per heavy atom. The van der Waals surface area contributed by atoms with Gasteiger partial charge < -0.3 is 9.84 Å². The number of phenols is 1. The summed E-state index contributed by atoms with van der Waals surface area (Å²) in [4.78, 5) is 0. The molecule has 1 rings (SSSR count). The molecule has 1 aromatic rings. The van der Waals surface area contributed by atoms with Crippen LogP contribution in [0.25, 0.3) is 0 Å². The quantitative estimate of drug-likeness (QED) is 0.472. The zero-order valence-electron chi connectivity index (χ0n) is 16.3. The molecule has 0 bridgehead atoms. The first-order valence-electron chi connectivity index (χ1n) is 9.58. The number of aryl methyl sites for hydroxylation is 2. The summed E-state index contributed by atoms with van der Waals surface area (Å²) in [6.45, 7) is 11.7. The Balaban J connectivity index is 2.61. The lowest BCUT2D eigenvalue weighted by Gasteiger charge is -2.16. The minimum Gasteiger partial charge on any atom is -0.508 e. The molecule has 0 heterocycles. The molecule has 2 heteroatoms. The molecule has 0 aromatic heterocycles. The van der Waals surface area contributed by atoms with Crippen molar-refractivity contribution in [1.29, 1.82) is 0 Å². The van der Waals surface area contributed by atoms with Gasteiger partial charge in [-0.1, -0.05) is 45.3 Å². The van der Waals surface area contributed by atoms with Crippen molar-refractivity contribution < 1.29 is 9.84 Å². The van der Waals surface area contributed by atoms with Crippen LogP contribution in [0.3, 0.4) is 0 Å². The molecule has 0 aliphatic heterocycles. The lowest BCUT2D eigenvalue weighted by molar-refractivity contribution is 0.276. The number of benzene rings is 1. The Morgan fingerprint density at radius 1 is 1.08 bits per heavy atom. The van der Waals surface area contributed by atoms with E-state index in [1.807, 2.05) is 6.07 Å². The van der Waals surface area contributed by atoms with Crippen LogP contribution in [0.2, 0.25) is 0 Å². The van der Waals surface area contributed by atoms with Crippen LogP contribution in [0.4, 0.5) is 0 Å². The van der Waals surface area contributed by atoms with Crippen molar-refractivity contribution in [3.05, 3.63) is 34.9 Å². The number of hydrogen-bond donors (Lipinski definition) is 1. The summed E-state index contributed by atoms with van der Waals surface area (Å²) in [5, 5.41) is 10.2. The van der Waals surface area contributed by atoms with E-state index < -0.39 is 0 Å². The summed E-state index contributed by atoms with van der Waals surface area (Å²) in [7, 11) is 0. The number of aromatic hydroxyl groups is 1. The van der Waals surface area contributed by atoms with Gasteiger partial charge in [0.1, 0.15) is 11.5 Å². The van der Waals surface area contributed by atoms with E-state index in [1.165, 1.54) is 12.0 Å². The molecule has 0 radical (unpaired) electrons. The average molecular weight is 333 g/mol. The molecule has 1 N–H and O–H groups in total. The highest BCUT2D eigenvalue weighted by molar-refractivity contribution is 5.46. The molecule has 24 heavy (non-hydrogen) atoms. The van der Waals surface area contributed by atoms with Gasteiger partial charge in [-0.3, -0.25) is 0 Å². The molecule has 2 nitrogen and oxygen atoms in total. The fourth-order valence-corrected chi connectivity index (χ4v) is 2.89. The average Bonchev–Trinajstić information content (AvgIpc) is 2.51. The predicted octanol–water partition coefficient (Wildman–Crippen LogP) is 6.45. The number of rotatable bonds is 11. The summed E-state index contributed by atoms with van der Waals surface area (Å²) >= 11 is 0. The fraction of sp³-hybridized carbons (Fsp3) is 0.636. The van der Waals surface area contributed by atoms with Gasteiger partial charge in [0.2, 0.25) is 0 Å². The van der Waals surface area contributed by atoms with Gasteiger partial charge in [0.05, 0.1) is 6.61 Å². The third-order valence-electron chi connectivity index (χ3n) is 4.38. The van der Waals surface area contributed by atoms with Crippen LogP contribution in [0.5, 0.6) is 11.5 Å². The maximum Gasteiger partial charge on any atom is 0.123 e. The summed E-state index contributed by atoms with van der Waals surface area (Å²) < 4.78 is 6.10. The second-order valence-electron chi connectivity index (χ2n) is 7.19. The Kier molecular flexibility index (Phi) is 9.59. The van der Waals surface area contributed by atoms with Crippen LogP contribution in [0, 0.1) is 5.92 Å². The lowest BCUT2D eigenvalue weighted by Crippen LogP contribution is -2.06. The van der Waals surface area contributed by atoms with Crippen molar-refractivity contribution in [3.8, 4) is 11.5 Å². The number of ether oxygens (including phenoxy) is 1. The first kappa shape index (κ1) is 20.6. The molecule has 0 aliphatic rings. The zero-order valence-corrected chi connectivity index (χ0v) is 16.3. The van der Waals surface area contributed by atoms with Crippen LogP contribution in [-0.4, -0.2) is 11.7 Å². The van der Waals surface area contributed by atoms with E-state index in [9.17, 15) is 5.11 Å². The minimum absolute atomic E-state index is 0.419. The summed E-state index contributed by atoms with van der Waals surface area (Å²) in [6.07, 6.45) is 9.69. The molecular formula is C22H36O2. The molecule has 0 spiro atoms. The van der Waals surface area contributed by atoms with Gasteiger partial charge >= 0.3 is 0 Å². The summed E-state index contributed by atoms with van der Waals surface area (Å²) in [6, 6.07) is 3.96. The van der Waals surface area contributed by atoms with Crippen molar-refractivity contribution in [3.63, 3.8) is 0 Å². The summed E-state index contributed by atoms with van der Waals surface area (Å²) in [5.74, 6) is 2.06. The van der Waals surface area contributed by atoms with Gasteiger partial charge in [-0.05, 0) is 75.1 Å². The largest absolute Gasteiger partial charge is 0.508 e. The molecule has 0 aliphatic carbocycles. The van der Waals surface area contributed by atoms with Crippen molar-refractivity contribution in [1.82, 2.24) is 0 Å². The monoisotopic (exact) mass is 332 g/mol. The summed E-state index contributed by atoms with van der Waals surface area (Å²) in [5.41, 5.74) is 3.53. The van der Waals surface area contributed by atoms with Crippen LogP contribution in [0.1, 0.15) is 77.8 Å². The number of phenolic OH excluding ortho intramolecular Hbond substituents is 1. The molecule has 1 atom stereocenters. The lowest BCUT2D eigenvalue weighted by atomic mass is 10.0. The van der Waals surface area contributed by atoms with E-state index in [-0.39, 0.29) is 0 Å². The van der Waals surface area contributed by atoms with Gasteiger partial charge in [-0.25, -0.2) is 0 Å². The SMILES string of the molecule is CCCc1cc(OCCC(C)CCC=C(C)C)c(CCC)cc1O.